The molecule has 0 atom stereocenters. The fraction of sp³-hybridized carbons (Fsp3) is 0.250. The number of benzene rings is 1. The SMILES string of the molecule is C1=Cc2ccccc2C1.C[CH-]C.[Zr]. The van der Waals surface area contributed by atoms with Crippen molar-refractivity contribution in [2.24, 2.45) is 0 Å². The molecular weight excluding hydrogens is 235 g/mol. The molecule has 1 heteroatoms. The molecule has 1 aliphatic carbocycles. The van der Waals surface area contributed by atoms with E-state index in [-0.39, 0.29) is 26.2 Å². The molecule has 1 aromatic carbocycles. The molecule has 0 fully saturated rings. The quantitative estimate of drug-likeness (QED) is 0.618. The van der Waals surface area contributed by atoms with Crippen LogP contribution in [0.1, 0.15) is 25.0 Å². The maximum absolute atomic E-state index is 2.20. The van der Waals surface area contributed by atoms with Gasteiger partial charge in [0.1, 0.15) is 0 Å². The van der Waals surface area contributed by atoms with Crippen LogP contribution in [0.25, 0.3) is 6.08 Å². The number of allylic oxidation sites excluding steroid dienone is 1. The van der Waals surface area contributed by atoms with Crippen LogP contribution in [-0.2, 0) is 32.6 Å². The van der Waals surface area contributed by atoms with E-state index in [0.29, 0.717) is 0 Å². The topological polar surface area (TPSA) is 0 Å². The summed E-state index contributed by atoms with van der Waals surface area (Å²) in [4.78, 5) is 0. The van der Waals surface area contributed by atoms with E-state index in [1.807, 2.05) is 20.3 Å². The molecule has 68 valence electrons. The zero-order valence-corrected chi connectivity index (χ0v) is 10.7. The minimum absolute atomic E-state index is 0. The summed E-state index contributed by atoms with van der Waals surface area (Å²) in [7, 11) is 0. The smallest absolute Gasteiger partial charge is 0 e. The molecule has 0 unspecified atom stereocenters. The third kappa shape index (κ3) is 4.04. The zero-order valence-electron chi connectivity index (χ0n) is 8.25. The number of hydrogen-bond acceptors (Lipinski definition) is 0. The van der Waals surface area contributed by atoms with Crippen molar-refractivity contribution < 1.29 is 26.2 Å². The predicted octanol–water partition coefficient (Wildman–Crippen LogP) is 3.48. The first kappa shape index (κ1) is 12.8. The van der Waals surface area contributed by atoms with Crippen molar-refractivity contribution in [3.05, 3.63) is 47.9 Å². The Hall–Kier alpha value is -0.157. The van der Waals surface area contributed by atoms with E-state index in [0.717, 1.165) is 6.42 Å². The Morgan fingerprint density at radius 3 is 2.38 bits per heavy atom. The second-order valence-corrected chi connectivity index (χ2v) is 2.88. The van der Waals surface area contributed by atoms with Gasteiger partial charge in [-0.15, -0.1) is 0 Å². The Morgan fingerprint density at radius 2 is 1.77 bits per heavy atom. The molecule has 1 aliphatic rings. The van der Waals surface area contributed by atoms with E-state index in [4.69, 9.17) is 0 Å². The first-order valence-corrected chi connectivity index (χ1v) is 4.37. The van der Waals surface area contributed by atoms with Crippen LogP contribution in [0, 0.1) is 6.42 Å². The van der Waals surface area contributed by atoms with Crippen LogP contribution in [0.15, 0.2) is 30.3 Å². The van der Waals surface area contributed by atoms with Crippen molar-refractivity contribution in [1.29, 1.82) is 0 Å². The minimum atomic E-state index is 0. The molecule has 0 spiro atoms. The van der Waals surface area contributed by atoms with Crippen molar-refractivity contribution in [2.75, 3.05) is 0 Å². The normalized spacial score (nSPS) is 10.9. The monoisotopic (exact) mass is 249 g/mol. The molecule has 0 aliphatic heterocycles. The van der Waals surface area contributed by atoms with Crippen LogP contribution < -0.4 is 0 Å². The van der Waals surface area contributed by atoms with Gasteiger partial charge in [-0.05, 0) is 17.5 Å². The molecule has 0 bridgehead atoms. The van der Waals surface area contributed by atoms with Gasteiger partial charge in [0.2, 0.25) is 0 Å². The predicted molar refractivity (Wildman–Crippen MR) is 54.8 cm³/mol. The van der Waals surface area contributed by atoms with Crippen LogP contribution in [0.3, 0.4) is 0 Å². The van der Waals surface area contributed by atoms with Gasteiger partial charge in [-0.25, -0.2) is 0 Å². The summed E-state index contributed by atoms with van der Waals surface area (Å²) in [6.07, 6.45) is 7.50. The number of fused-ring (bicyclic) bond motifs is 1. The molecule has 0 heterocycles. The Bertz CT molecular complexity index is 264. The Kier molecular flexibility index (Phi) is 7.18. The van der Waals surface area contributed by atoms with Crippen molar-refractivity contribution in [2.45, 2.75) is 20.3 Å². The van der Waals surface area contributed by atoms with E-state index >= 15 is 0 Å². The molecule has 0 saturated carbocycles. The summed E-state index contributed by atoms with van der Waals surface area (Å²) in [6, 6.07) is 8.49. The summed E-state index contributed by atoms with van der Waals surface area (Å²) >= 11 is 0. The van der Waals surface area contributed by atoms with Crippen molar-refractivity contribution in [3.63, 3.8) is 0 Å². The van der Waals surface area contributed by atoms with Gasteiger partial charge in [0.15, 0.2) is 0 Å². The maximum Gasteiger partial charge on any atom is 0 e. The van der Waals surface area contributed by atoms with Gasteiger partial charge in [0.25, 0.3) is 0 Å². The summed E-state index contributed by atoms with van der Waals surface area (Å²) in [5.41, 5.74) is 2.84. The number of rotatable bonds is 0. The molecule has 0 saturated heterocycles. The van der Waals surface area contributed by atoms with Gasteiger partial charge in [-0.2, -0.15) is 13.8 Å². The van der Waals surface area contributed by atoms with E-state index in [9.17, 15) is 0 Å². The van der Waals surface area contributed by atoms with Gasteiger partial charge < -0.3 is 6.42 Å². The average Bonchev–Trinajstić information content (AvgIpc) is 2.52. The maximum atomic E-state index is 2.20. The molecule has 2 rings (SSSR count). The minimum Gasteiger partial charge on any atom is -0.335 e. The first-order valence-electron chi connectivity index (χ1n) is 4.37. The van der Waals surface area contributed by atoms with Crippen molar-refractivity contribution in [1.82, 2.24) is 0 Å². The molecule has 0 nitrogen and oxygen atoms in total. The first-order chi connectivity index (χ1) is 5.88. The van der Waals surface area contributed by atoms with E-state index in [2.05, 4.69) is 36.4 Å². The molecule has 0 radical (unpaired) electrons. The van der Waals surface area contributed by atoms with Crippen LogP contribution in [0.5, 0.6) is 0 Å². The Morgan fingerprint density at radius 1 is 1.15 bits per heavy atom. The molecule has 1 aromatic rings. The standard InChI is InChI=1S/C9H8.C3H7.Zr/c1-2-5-9-7-3-6-8(9)4-1;1-3-2;/h1-6H,7H2;3H,1-2H3;/q;-1;. The van der Waals surface area contributed by atoms with Gasteiger partial charge in [0.05, 0.1) is 0 Å². The Balaban J connectivity index is 0.000000324. The van der Waals surface area contributed by atoms with Gasteiger partial charge in [0, 0.05) is 26.2 Å². The summed E-state index contributed by atoms with van der Waals surface area (Å²) < 4.78 is 0. The van der Waals surface area contributed by atoms with Crippen molar-refractivity contribution >= 4 is 6.08 Å². The summed E-state index contributed by atoms with van der Waals surface area (Å²) in [6.45, 7) is 4.00. The fourth-order valence-corrected chi connectivity index (χ4v) is 1.20. The molecular formula is C12H15Zr-. The molecule has 0 aromatic heterocycles. The molecule has 13 heavy (non-hydrogen) atoms. The summed E-state index contributed by atoms with van der Waals surface area (Å²) in [5.74, 6) is 0. The summed E-state index contributed by atoms with van der Waals surface area (Å²) in [5, 5.41) is 0. The van der Waals surface area contributed by atoms with Crippen molar-refractivity contribution in [3.8, 4) is 0 Å². The second-order valence-electron chi connectivity index (χ2n) is 2.88. The van der Waals surface area contributed by atoms with E-state index < -0.39 is 0 Å². The second kappa shape index (κ2) is 7.27. The Labute approximate surface area is 100 Å². The largest absolute Gasteiger partial charge is 0.335 e. The van der Waals surface area contributed by atoms with Crippen LogP contribution in [-0.4, -0.2) is 0 Å². The average molecular weight is 250 g/mol. The molecule has 0 N–H and O–H groups in total. The van der Waals surface area contributed by atoms with Gasteiger partial charge in [-0.1, -0.05) is 36.4 Å². The van der Waals surface area contributed by atoms with E-state index in [1.165, 1.54) is 11.1 Å². The molecule has 0 amide bonds. The van der Waals surface area contributed by atoms with Crippen LogP contribution in [0.4, 0.5) is 0 Å². The van der Waals surface area contributed by atoms with Crippen LogP contribution >= 0.6 is 0 Å². The van der Waals surface area contributed by atoms with Crippen LogP contribution in [0.2, 0.25) is 0 Å². The third-order valence-electron chi connectivity index (χ3n) is 1.69. The fourth-order valence-electron chi connectivity index (χ4n) is 1.20. The zero-order chi connectivity index (χ0) is 8.81. The number of hydrogen-bond donors (Lipinski definition) is 0. The third-order valence-corrected chi connectivity index (χ3v) is 1.69. The van der Waals surface area contributed by atoms with Gasteiger partial charge >= 0.3 is 0 Å². The van der Waals surface area contributed by atoms with Gasteiger partial charge in [-0.3, -0.25) is 0 Å². The van der Waals surface area contributed by atoms with E-state index in [1.54, 1.807) is 0 Å².